The van der Waals surface area contributed by atoms with Crippen LogP contribution in [0.1, 0.15) is 18.5 Å². The van der Waals surface area contributed by atoms with Gasteiger partial charge in [-0.2, -0.15) is 0 Å². The average Bonchev–Trinajstić information content (AvgIpc) is 2.39. The van der Waals surface area contributed by atoms with Gasteiger partial charge in [0, 0.05) is 17.1 Å². The first-order valence-electron chi connectivity index (χ1n) is 5.72. The molecular formula is C14H16N2OS. The second-order valence-corrected chi connectivity index (χ2v) is 5.09. The lowest BCUT2D eigenvalue weighted by Crippen LogP contribution is -2.04. The molecule has 4 heteroatoms. The highest BCUT2D eigenvalue weighted by Crippen LogP contribution is 2.28. The topological polar surface area (TPSA) is 48.1 Å². The van der Waals surface area contributed by atoms with Crippen LogP contribution in [0.5, 0.6) is 5.75 Å². The maximum Gasteiger partial charge on any atom is 0.119 e. The number of methoxy groups -OCH3 is 1. The Labute approximate surface area is 111 Å². The van der Waals surface area contributed by atoms with Crippen molar-refractivity contribution < 1.29 is 4.74 Å². The summed E-state index contributed by atoms with van der Waals surface area (Å²) in [7, 11) is 1.67. The van der Waals surface area contributed by atoms with Gasteiger partial charge in [0.1, 0.15) is 10.8 Å². The number of rotatable bonds is 4. The molecule has 0 bridgehead atoms. The van der Waals surface area contributed by atoms with Crippen molar-refractivity contribution in [3.8, 4) is 5.75 Å². The molecule has 1 aromatic carbocycles. The van der Waals surface area contributed by atoms with Crippen LogP contribution in [0.2, 0.25) is 0 Å². The van der Waals surface area contributed by atoms with Crippen LogP contribution in [0.4, 0.5) is 0 Å². The SMILES string of the molecule is COc1cccc(Sc2ccc(C(C)N)cn2)c1. The number of nitrogens with two attached hydrogens (primary N) is 1. The van der Waals surface area contributed by atoms with Crippen LogP contribution in [0.3, 0.4) is 0 Å². The van der Waals surface area contributed by atoms with Gasteiger partial charge >= 0.3 is 0 Å². The first-order chi connectivity index (χ1) is 8.69. The predicted octanol–water partition coefficient (Wildman–Crippen LogP) is 3.26. The Kier molecular flexibility index (Phi) is 4.23. The molecule has 2 N–H and O–H groups in total. The van der Waals surface area contributed by atoms with Crippen molar-refractivity contribution in [3.05, 3.63) is 48.2 Å². The third-order valence-corrected chi connectivity index (χ3v) is 3.49. The van der Waals surface area contributed by atoms with E-state index in [0.29, 0.717) is 0 Å². The fourth-order valence-electron chi connectivity index (χ4n) is 1.51. The Morgan fingerprint density at radius 3 is 2.72 bits per heavy atom. The Bertz CT molecular complexity index is 511. The standard InChI is InChI=1S/C14H16N2OS/c1-10(15)11-6-7-14(16-9-11)18-13-5-3-4-12(8-13)17-2/h3-10H,15H2,1-2H3. The van der Waals surface area contributed by atoms with E-state index in [1.54, 1.807) is 18.9 Å². The Morgan fingerprint density at radius 2 is 2.11 bits per heavy atom. The molecule has 1 unspecified atom stereocenters. The van der Waals surface area contributed by atoms with Gasteiger partial charge in [-0.05, 0) is 36.8 Å². The Balaban J connectivity index is 2.13. The summed E-state index contributed by atoms with van der Waals surface area (Å²) in [5.74, 6) is 0.854. The van der Waals surface area contributed by atoms with E-state index in [-0.39, 0.29) is 6.04 Å². The normalized spacial score (nSPS) is 12.2. The third-order valence-electron chi connectivity index (χ3n) is 2.55. The quantitative estimate of drug-likeness (QED) is 0.916. The van der Waals surface area contributed by atoms with Crippen molar-refractivity contribution in [2.75, 3.05) is 7.11 Å². The Hall–Kier alpha value is -1.52. The molecule has 0 spiro atoms. The van der Waals surface area contributed by atoms with Gasteiger partial charge in [0.05, 0.1) is 7.11 Å². The number of hydrogen-bond acceptors (Lipinski definition) is 4. The predicted molar refractivity (Wildman–Crippen MR) is 74.0 cm³/mol. The van der Waals surface area contributed by atoms with Gasteiger partial charge in [-0.25, -0.2) is 4.98 Å². The highest BCUT2D eigenvalue weighted by atomic mass is 32.2. The summed E-state index contributed by atoms with van der Waals surface area (Å²) in [4.78, 5) is 5.50. The summed E-state index contributed by atoms with van der Waals surface area (Å²) < 4.78 is 5.19. The lowest BCUT2D eigenvalue weighted by atomic mass is 10.2. The van der Waals surface area contributed by atoms with E-state index in [2.05, 4.69) is 4.98 Å². The minimum absolute atomic E-state index is 0.0216. The van der Waals surface area contributed by atoms with E-state index in [0.717, 1.165) is 21.2 Å². The first kappa shape index (κ1) is 12.9. The molecule has 3 nitrogen and oxygen atoms in total. The van der Waals surface area contributed by atoms with E-state index in [9.17, 15) is 0 Å². The van der Waals surface area contributed by atoms with E-state index in [4.69, 9.17) is 10.5 Å². The second kappa shape index (κ2) is 5.89. The lowest BCUT2D eigenvalue weighted by Gasteiger charge is -2.06. The van der Waals surface area contributed by atoms with Crippen molar-refractivity contribution in [1.82, 2.24) is 4.98 Å². The molecule has 18 heavy (non-hydrogen) atoms. The molecule has 1 heterocycles. The van der Waals surface area contributed by atoms with Crippen molar-refractivity contribution in [2.24, 2.45) is 5.73 Å². The molecule has 1 atom stereocenters. The summed E-state index contributed by atoms with van der Waals surface area (Å²) in [5.41, 5.74) is 6.84. The van der Waals surface area contributed by atoms with Crippen molar-refractivity contribution >= 4 is 11.8 Å². The maximum absolute atomic E-state index is 5.79. The van der Waals surface area contributed by atoms with Crippen LogP contribution in [-0.4, -0.2) is 12.1 Å². The highest BCUT2D eigenvalue weighted by molar-refractivity contribution is 7.99. The number of hydrogen-bond donors (Lipinski definition) is 1. The largest absolute Gasteiger partial charge is 0.497 e. The number of nitrogens with zero attached hydrogens (tertiary/aromatic N) is 1. The minimum atomic E-state index is 0.0216. The maximum atomic E-state index is 5.79. The monoisotopic (exact) mass is 260 g/mol. The molecular weight excluding hydrogens is 244 g/mol. The van der Waals surface area contributed by atoms with E-state index < -0.39 is 0 Å². The van der Waals surface area contributed by atoms with Gasteiger partial charge in [0.15, 0.2) is 0 Å². The average molecular weight is 260 g/mol. The summed E-state index contributed by atoms with van der Waals surface area (Å²) in [6.07, 6.45) is 1.83. The highest BCUT2D eigenvalue weighted by Gasteiger charge is 2.03. The van der Waals surface area contributed by atoms with Crippen LogP contribution < -0.4 is 10.5 Å². The lowest BCUT2D eigenvalue weighted by molar-refractivity contribution is 0.413. The van der Waals surface area contributed by atoms with Gasteiger partial charge in [-0.1, -0.05) is 23.9 Å². The fourth-order valence-corrected chi connectivity index (χ4v) is 2.31. The zero-order valence-electron chi connectivity index (χ0n) is 10.5. The number of ether oxygens (including phenoxy) is 1. The molecule has 94 valence electrons. The second-order valence-electron chi connectivity index (χ2n) is 4.00. The fraction of sp³-hybridized carbons (Fsp3) is 0.214. The molecule has 0 aliphatic rings. The molecule has 0 aliphatic heterocycles. The molecule has 0 fully saturated rings. The van der Waals surface area contributed by atoms with E-state index in [1.807, 2.05) is 49.5 Å². The van der Waals surface area contributed by atoms with Crippen LogP contribution in [0.25, 0.3) is 0 Å². The smallest absolute Gasteiger partial charge is 0.119 e. The van der Waals surface area contributed by atoms with Gasteiger partial charge in [-0.3, -0.25) is 0 Å². The minimum Gasteiger partial charge on any atom is -0.497 e. The number of pyridine rings is 1. The van der Waals surface area contributed by atoms with Gasteiger partial charge < -0.3 is 10.5 Å². The molecule has 1 aromatic heterocycles. The zero-order valence-corrected chi connectivity index (χ0v) is 11.3. The summed E-state index contributed by atoms with van der Waals surface area (Å²) in [5, 5.41) is 0.952. The molecule has 0 aliphatic carbocycles. The Morgan fingerprint density at radius 1 is 1.28 bits per heavy atom. The van der Waals surface area contributed by atoms with Crippen molar-refractivity contribution in [1.29, 1.82) is 0 Å². The molecule has 0 saturated carbocycles. The van der Waals surface area contributed by atoms with Crippen LogP contribution >= 0.6 is 11.8 Å². The van der Waals surface area contributed by atoms with Gasteiger partial charge in [-0.15, -0.1) is 0 Å². The van der Waals surface area contributed by atoms with Crippen LogP contribution in [0.15, 0.2) is 52.5 Å². The van der Waals surface area contributed by atoms with E-state index >= 15 is 0 Å². The van der Waals surface area contributed by atoms with Crippen LogP contribution in [0, 0.1) is 0 Å². The zero-order chi connectivity index (χ0) is 13.0. The number of benzene rings is 1. The van der Waals surface area contributed by atoms with Crippen molar-refractivity contribution in [3.63, 3.8) is 0 Å². The van der Waals surface area contributed by atoms with Gasteiger partial charge in [0.2, 0.25) is 0 Å². The molecule has 2 aromatic rings. The molecule has 0 saturated heterocycles. The summed E-state index contributed by atoms with van der Waals surface area (Å²) in [6, 6.07) is 11.9. The summed E-state index contributed by atoms with van der Waals surface area (Å²) >= 11 is 1.61. The first-order valence-corrected chi connectivity index (χ1v) is 6.54. The van der Waals surface area contributed by atoms with E-state index in [1.165, 1.54) is 0 Å². The van der Waals surface area contributed by atoms with Crippen LogP contribution in [-0.2, 0) is 0 Å². The number of aromatic nitrogens is 1. The molecule has 0 amide bonds. The summed E-state index contributed by atoms with van der Waals surface area (Å²) in [6.45, 7) is 1.95. The molecule has 2 rings (SSSR count). The van der Waals surface area contributed by atoms with Gasteiger partial charge in [0.25, 0.3) is 0 Å². The third kappa shape index (κ3) is 3.24. The molecule has 0 radical (unpaired) electrons. The van der Waals surface area contributed by atoms with Crippen molar-refractivity contribution in [2.45, 2.75) is 22.9 Å².